The average molecular weight is 158 g/mol. The molecule has 0 heterocycles. The van der Waals surface area contributed by atoms with Gasteiger partial charge in [0.05, 0.1) is 0 Å². The Hall–Kier alpha value is -1.04. The maximum absolute atomic E-state index is 2.32. The lowest BCUT2D eigenvalue weighted by molar-refractivity contribution is 0.973. The number of allylic oxidation sites excluding steroid dienone is 8. The molecule has 0 aromatic heterocycles. The molecular formula is C12H14. The molecule has 0 N–H and O–H groups in total. The molecule has 0 saturated carbocycles. The van der Waals surface area contributed by atoms with E-state index in [1.54, 1.807) is 0 Å². The van der Waals surface area contributed by atoms with Crippen LogP contribution in [0.4, 0.5) is 0 Å². The molecule has 2 aliphatic rings. The highest BCUT2D eigenvalue weighted by atomic mass is 14.1. The van der Waals surface area contributed by atoms with Gasteiger partial charge in [-0.25, -0.2) is 0 Å². The van der Waals surface area contributed by atoms with E-state index < -0.39 is 0 Å². The summed E-state index contributed by atoms with van der Waals surface area (Å²) in [6.07, 6.45) is 18.3. The first kappa shape index (κ1) is 7.60. The summed E-state index contributed by atoms with van der Waals surface area (Å²) in [5, 5.41) is 0. The Morgan fingerprint density at radius 3 is 1.67 bits per heavy atom. The third-order valence-electron chi connectivity index (χ3n) is 2.40. The largest absolute Gasteiger partial charge is 0.0805 e. The van der Waals surface area contributed by atoms with E-state index in [1.165, 1.54) is 24.0 Å². The number of hydrogen-bond acceptors (Lipinski definition) is 0. The predicted molar refractivity (Wildman–Crippen MR) is 52.9 cm³/mol. The van der Waals surface area contributed by atoms with Crippen LogP contribution < -0.4 is 0 Å². The average Bonchev–Trinajstić information content (AvgIpc) is 2.74. The Labute approximate surface area is 74.0 Å². The summed E-state index contributed by atoms with van der Waals surface area (Å²) >= 11 is 0. The molecule has 0 radical (unpaired) electrons. The van der Waals surface area contributed by atoms with E-state index in [0.717, 1.165) is 12.8 Å². The van der Waals surface area contributed by atoms with E-state index in [-0.39, 0.29) is 0 Å². The van der Waals surface area contributed by atoms with Gasteiger partial charge in [0.1, 0.15) is 0 Å². The lowest BCUT2D eigenvalue weighted by Crippen LogP contribution is -1.79. The predicted octanol–water partition coefficient (Wildman–Crippen LogP) is 3.54. The smallest absolute Gasteiger partial charge is 0.0160 e. The summed E-state index contributed by atoms with van der Waals surface area (Å²) in [5.41, 5.74) is 3.02. The van der Waals surface area contributed by atoms with Gasteiger partial charge in [0.2, 0.25) is 0 Å². The van der Waals surface area contributed by atoms with Crippen molar-refractivity contribution >= 4 is 0 Å². The highest BCUT2D eigenvalue weighted by Gasteiger charge is 2.01. The van der Waals surface area contributed by atoms with E-state index in [2.05, 4.69) is 36.5 Å². The van der Waals surface area contributed by atoms with Crippen molar-refractivity contribution in [1.29, 1.82) is 0 Å². The van der Waals surface area contributed by atoms with Gasteiger partial charge in [0.25, 0.3) is 0 Å². The van der Waals surface area contributed by atoms with E-state index in [0.29, 0.717) is 0 Å². The molecule has 0 bridgehead atoms. The molecule has 0 aromatic rings. The van der Waals surface area contributed by atoms with Crippen LogP contribution >= 0.6 is 0 Å². The molecule has 0 atom stereocenters. The van der Waals surface area contributed by atoms with Gasteiger partial charge in [-0.05, 0) is 25.7 Å². The summed E-state index contributed by atoms with van der Waals surface area (Å²) in [7, 11) is 0. The third-order valence-corrected chi connectivity index (χ3v) is 2.40. The fourth-order valence-corrected chi connectivity index (χ4v) is 1.67. The Morgan fingerprint density at radius 2 is 1.33 bits per heavy atom. The Balaban J connectivity index is 1.81. The molecule has 0 heteroatoms. The Kier molecular flexibility index (Phi) is 2.26. The van der Waals surface area contributed by atoms with Crippen LogP contribution in [0.5, 0.6) is 0 Å². The number of rotatable bonds is 3. The molecule has 62 valence electrons. The maximum atomic E-state index is 2.32. The van der Waals surface area contributed by atoms with Crippen molar-refractivity contribution in [1.82, 2.24) is 0 Å². The van der Waals surface area contributed by atoms with Crippen molar-refractivity contribution in [3.63, 3.8) is 0 Å². The van der Waals surface area contributed by atoms with Crippen LogP contribution in [0.15, 0.2) is 47.6 Å². The SMILES string of the molecule is C1=CC(CCC2=CCC=C2)=CC1. The molecule has 0 spiro atoms. The highest BCUT2D eigenvalue weighted by molar-refractivity contribution is 5.30. The zero-order chi connectivity index (χ0) is 8.23. The van der Waals surface area contributed by atoms with Crippen LogP contribution in [0.1, 0.15) is 25.7 Å². The molecule has 0 unspecified atom stereocenters. The first-order valence-corrected chi connectivity index (χ1v) is 4.66. The minimum Gasteiger partial charge on any atom is -0.0805 e. The third kappa shape index (κ3) is 1.76. The van der Waals surface area contributed by atoms with E-state index >= 15 is 0 Å². The van der Waals surface area contributed by atoms with Crippen LogP contribution in [0, 0.1) is 0 Å². The first-order chi connectivity index (χ1) is 5.95. The van der Waals surface area contributed by atoms with Crippen molar-refractivity contribution in [2.24, 2.45) is 0 Å². The van der Waals surface area contributed by atoms with Gasteiger partial charge in [0.15, 0.2) is 0 Å². The van der Waals surface area contributed by atoms with Crippen LogP contribution in [-0.2, 0) is 0 Å². The normalized spacial score (nSPS) is 20.0. The van der Waals surface area contributed by atoms with Gasteiger partial charge in [0, 0.05) is 0 Å². The second-order valence-corrected chi connectivity index (χ2v) is 3.33. The summed E-state index contributed by atoms with van der Waals surface area (Å²) in [4.78, 5) is 0. The lowest BCUT2D eigenvalue weighted by Gasteiger charge is -1.98. The summed E-state index contributed by atoms with van der Waals surface area (Å²) in [5.74, 6) is 0. The first-order valence-electron chi connectivity index (χ1n) is 4.66. The monoisotopic (exact) mass is 158 g/mol. The Bertz CT molecular complexity index is 244. The van der Waals surface area contributed by atoms with Gasteiger partial charge >= 0.3 is 0 Å². The van der Waals surface area contributed by atoms with Crippen molar-refractivity contribution in [3.8, 4) is 0 Å². The molecule has 0 nitrogen and oxygen atoms in total. The van der Waals surface area contributed by atoms with Crippen molar-refractivity contribution < 1.29 is 0 Å². The summed E-state index contributed by atoms with van der Waals surface area (Å²) < 4.78 is 0. The second-order valence-electron chi connectivity index (χ2n) is 3.33. The summed E-state index contributed by atoms with van der Waals surface area (Å²) in [6, 6.07) is 0. The fraction of sp³-hybridized carbons (Fsp3) is 0.333. The van der Waals surface area contributed by atoms with E-state index in [1.807, 2.05) is 0 Å². The molecule has 2 rings (SSSR count). The zero-order valence-electron chi connectivity index (χ0n) is 7.29. The second kappa shape index (κ2) is 3.57. The number of hydrogen-bond donors (Lipinski definition) is 0. The molecular weight excluding hydrogens is 144 g/mol. The zero-order valence-corrected chi connectivity index (χ0v) is 7.29. The molecule has 2 aliphatic carbocycles. The fourth-order valence-electron chi connectivity index (χ4n) is 1.67. The Morgan fingerprint density at radius 1 is 0.833 bits per heavy atom. The van der Waals surface area contributed by atoms with Gasteiger partial charge < -0.3 is 0 Å². The molecule has 12 heavy (non-hydrogen) atoms. The van der Waals surface area contributed by atoms with Gasteiger partial charge in [-0.15, -0.1) is 0 Å². The molecule has 0 aromatic carbocycles. The van der Waals surface area contributed by atoms with Crippen molar-refractivity contribution in [2.75, 3.05) is 0 Å². The molecule has 0 amide bonds. The lowest BCUT2D eigenvalue weighted by atomic mass is 10.1. The topological polar surface area (TPSA) is 0 Å². The van der Waals surface area contributed by atoms with Gasteiger partial charge in [-0.1, -0.05) is 47.6 Å². The van der Waals surface area contributed by atoms with Crippen LogP contribution in [-0.4, -0.2) is 0 Å². The van der Waals surface area contributed by atoms with Crippen molar-refractivity contribution in [2.45, 2.75) is 25.7 Å². The minimum atomic E-state index is 1.14. The van der Waals surface area contributed by atoms with E-state index in [9.17, 15) is 0 Å². The minimum absolute atomic E-state index is 1.14. The van der Waals surface area contributed by atoms with Crippen molar-refractivity contribution in [3.05, 3.63) is 47.6 Å². The van der Waals surface area contributed by atoms with Crippen LogP contribution in [0.3, 0.4) is 0 Å². The molecule has 0 fully saturated rings. The summed E-state index contributed by atoms with van der Waals surface area (Å²) in [6.45, 7) is 0. The molecule has 0 aliphatic heterocycles. The van der Waals surface area contributed by atoms with Gasteiger partial charge in [-0.3, -0.25) is 0 Å². The highest BCUT2D eigenvalue weighted by Crippen LogP contribution is 2.20. The van der Waals surface area contributed by atoms with E-state index in [4.69, 9.17) is 0 Å². The van der Waals surface area contributed by atoms with Crippen LogP contribution in [0.25, 0.3) is 0 Å². The maximum Gasteiger partial charge on any atom is -0.0160 e. The standard InChI is InChI=1S/C12H14/c1-2-6-11(5-1)9-10-12-7-3-4-8-12/h1,3,5-8H,2,4,9-10H2. The van der Waals surface area contributed by atoms with Crippen LogP contribution in [0.2, 0.25) is 0 Å². The quantitative estimate of drug-likeness (QED) is 0.589. The molecule has 0 saturated heterocycles. The van der Waals surface area contributed by atoms with Gasteiger partial charge in [-0.2, -0.15) is 0 Å².